The fourth-order valence-corrected chi connectivity index (χ4v) is 1.42. The van der Waals surface area contributed by atoms with Gasteiger partial charge in [0, 0.05) is 24.2 Å². The smallest absolute Gasteiger partial charge is 0.326 e. The van der Waals surface area contributed by atoms with Gasteiger partial charge in [-0.25, -0.2) is 4.79 Å². The van der Waals surface area contributed by atoms with E-state index in [1.807, 2.05) is 0 Å². The number of hydrogen-bond donors (Lipinski definition) is 3. The van der Waals surface area contributed by atoms with Crippen LogP contribution in [0.3, 0.4) is 0 Å². The Bertz CT molecular complexity index is 486. The van der Waals surface area contributed by atoms with Gasteiger partial charge in [-0.05, 0) is 18.6 Å². The van der Waals surface area contributed by atoms with Gasteiger partial charge in [0.05, 0.1) is 4.92 Å². The first-order valence-corrected chi connectivity index (χ1v) is 5.42. The molecule has 1 aromatic rings. The van der Waals surface area contributed by atoms with E-state index >= 15 is 0 Å². The largest absolute Gasteiger partial charge is 0.480 e. The predicted molar refractivity (Wildman–Crippen MR) is 66.6 cm³/mol. The van der Waals surface area contributed by atoms with Crippen molar-refractivity contribution in [1.82, 2.24) is 0 Å². The lowest BCUT2D eigenvalue weighted by Crippen LogP contribution is -2.30. The van der Waals surface area contributed by atoms with Crippen LogP contribution in [-0.4, -0.2) is 27.9 Å². The molecule has 0 saturated heterocycles. The van der Waals surface area contributed by atoms with Crippen molar-refractivity contribution in [3.05, 3.63) is 34.4 Å². The first-order chi connectivity index (χ1) is 8.90. The molecule has 1 atom stereocenters. The quantitative estimate of drug-likeness (QED) is 0.492. The summed E-state index contributed by atoms with van der Waals surface area (Å²) in [6, 6.07) is 4.34. The molecular formula is C11H13N3O5. The van der Waals surface area contributed by atoms with Crippen molar-refractivity contribution in [3.63, 3.8) is 0 Å². The first kappa shape index (κ1) is 14.4. The van der Waals surface area contributed by atoms with Crippen molar-refractivity contribution in [3.8, 4) is 0 Å². The molecule has 1 unspecified atom stereocenters. The number of carboxylic acid groups (broad SMARTS) is 1. The average molecular weight is 267 g/mol. The molecule has 0 heterocycles. The summed E-state index contributed by atoms with van der Waals surface area (Å²) in [5, 5.41) is 22.1. The molecule has 0 radical (unpaired) electrons. The molecule has 102 valence electrons. The number of carbonyl (C=O) groups is 2. The van der Waals surface area contributed by atoms with Gasteiger partial charge in [-0.3, -0.25) is 14.9 Å². The summed E-state index contributed by atoms with van der Waals surface area (Å²) in [4.78, 5) is 31.5. The number of nitro groups is 1. The van der Waals surface area contributed by atoms with Crippen LogP contribution in [0.15, 0.2) is 24.3 Å². The fourth-order valence-electron chi connectivity index (χ4n) is 1.42. The van der Waals surface area contributed by atoms with Crippen LogP contribution in [0.25, 0.3) is 0 Å². The Hall–Kier alpha value is -2.64. The number of non-ortho nitro benzene ring substituents is 1. The van der Waals surface area contributed by atoms with Crippen molar-refractivity contribution in [2.75, 3.05) is 5.32 Å². The highest BCUT2D eigenvalue weighted by Crippen LogP contribution is 2.17. The third kappa shape index (κ3) is 4.62. The number of primary amides is 1. The van der Waals surface area contributed by atoms with Gasteiger partial charge >= 0.3 is 5.97 Å². The molecule has 4 N–H and O–H groups in total. The van der Waals surface area contributed by atoms with E-state index in [0.29, 0.717) is 5.69 Å². The lowest BCUT2D eigenvalue weighted by atomic mass is 10.1. The summed E-state index contributed by atoms with van der Waals surface area (Å²) in [7, 11) is 0. The highest BCUT2D eigenvalue weighted by Gasteiger charge is 2.18. The number of nitrogens with one attached hydrogen (secondary N) is 1. The summed E-state index contributed by atoms with van der Waals surface area (Å²) in [6.45, 7) is 0. The second-order valence-electron chi connectivity index (χ2n) is 3.84. The van der Waals surface area contributed by atoms with Crippen molar-refractivity contribution in [2.45, 2.75) is 18.9 Å². The van der Waals surface area contributed by atoms with E-state index in [1.54, 1.807) is 0 Å². The van der Waals surface area contributed by atoms with E-state index in [4.69, 9.17) is 10.8 Å². The Balaban J connectivity index is 2.70. The topological polar surface area (TPSA) is 136 Å². The first-order valence-electron chi connectivity index (χ1n) is 5.42. The van der Waals surface area contributed by atoms with Gasteiger partial charge in [-0.2, -0.15) is 0 Å². The standard InChI is InChI=1S/C11H13N3O5/c12-10(15)6-5-9(11(16)17)13-7-1-3-8(4-2-7)14(18)19/h1-4,9,13H,5-6H2,(H2,12,15)(H,16,17). The number of anilines is 1. The summed E-state index contributed by atoms with van der Waals surface area (Å²) in [5.41, 5.74) is 5.28. The highest BCUT2D eigenvalue weighted by atomic mass is 16.6. The number of nitro benzene ring substituents is 1. The maximum atomic E-state index is 11.0. The molecule has 8 heteroatoms. The molecule has 0 aliphatic heterocycles. The summed E-state index contributed by atoms with van der Waals surface area (Å²) >= 11 is 0. The van der Waals surface area contributed by atoms with Crippen molar-refractivity contribution >= 4 is 23.3 Å². The highest BCUT2D eigenvalue weighted by molar-refractivity contribution is 5.79. The van der Waals surface area contributed by atoms with Gasteiger partial charge in [0.25, 0.3) is 5.69 Å². The van der Waals surface area contributed by atoms with Gasteiger partial charge < -0.3 is 16.2 Å². The maximum Gasteiger partial charge on any atom is 0.326 e. The van der Waals surface area contributed by atoms with Crippen molar-refractivity contribution in [1.29, 1.82) is 0 Å². The number of aliphatic carboxylic acids is 1. The number of carboxylic acids is 1. The Labute approximate surface area is 108 Å². The van der Waals surface area contributed by atoms with E-state index in [0.717, 1.165) is 0 Å². The minimum atomic E-state index is -1.13. The normalized spacial score (nSPS) is 11.6. The molecule has 0 spiro atoms. The molecule has 1 amide bonds. The molecule has 0 saturated carbocycles. The van der Waals surface area contributed by atoms with Crippen LogP contribution in [0.2, 0.25) is 0 Å². The van der Waals surface area contributed by atoms with E-state index in [-0.39, 0.29) is 18.5 Å². The Morgan fingerprint density at radius 1 is 1.37 bits per heavy atom. The number of benzene rings is 1. The van der Waals surface area contributed by atoms with Crippen LogP contribution >= 0.6 is 0 Å². The van der Waals surface area contributed by atoms with Crippen LogP contribution in [-0.2, 0) is 9.59 Å². The minimum Gasteiger partial charge on any atom is -0.480 e. The van der Waals surface area contributed by atoms with Crippen LogP contribution in [0.5, 0.6) is 0 Å². The second-order valence-corrected chi connectivity index (χ2v) is 3.84. The number of carbonyl (C=O) groups excluding carboxylic acids is 1. The van der Waals surface area contributed by atoms with Gasteiger partial charge in [-0.1, -0.05) is 0 Å². The molecule has 0 aromatic heterocycles. The summed E-state index contributed by atoms with van der Waals surface area (Å²) < 4.78 is 0. The van der Waals surface area contributed by atoms with E-state index in [2.05, 4.69) is 5.32 Å². The third-order valence-electron chi connectivity index (χ3n) is 2.40. The number of nitrogens with two attached hydrogens (primary N) is 1. The van der Waals surface area contributed by atoms with Crippen molar-refractivity contribution < 1.29 is 19.6 Å². The molecule has 1 rings (SSSR count). The molecule has 0 bridgehead atoms. The fraction of sp³-hybridized carbons (Fsp3) is 0.273. The van der Waals surface area contributed by atoms with Crippen LogP contribution in [0.1, 0.15) is 12.8 Å². The van der Waals surface area contributed by atoms with E-state index < -0.39 is 22.8 Å². The zero-order chi connectivity index (χ0) is 14.4. The Morgan fingerprint density at radius 2 is 1.95 bits per heavy atom. The third-order valence-corrected chi connectivity index (χ3v) is 2.40. The monoisotopic (exact) mass is 267 g/mol. The van der Waals surface area contributed by atoms with Crippen LogP contribution in [0, 0.1) is 10.1 Å². The van der Waals surface area contributed by atoms with Gasteiger partial charge in [0.1, 0.15) is 6.04 Å². The number of amides is 1. The van der Waals surface area contributed by atoms with Crippen molar-refractivity contribution in [2.24, 2.45) is 5.73 Å². The van der Waals surface area contributed by atoms with Crippen LogP contribution in [0.4, 0.5) is 11.4 Å². The molecule has 8 nitrogen and oxygen atoms in total. The van der Waals surface area contributed by atoms with Crippen LogP contribution < -0.4 is 11.1 Å². The Kier molecular flexibility index (Phi) is 4.81. The lowest BCUT2D eigenvalue weighted by Gasteiger charge is -2.14. The zero-order valence-electron chi connectivity index (χ0n) is 9.91. The number of nitrogens with zero attached hydrogens (tertiary/aromatic N) is 1. The second kappa shape index (κ2) is 6.34. The predicted octanol–water partition coefficient (Wildman–Crippen LogP) is 0.725. The molecule has 1 aromatic carbocycles. The lowest BCUT2D eigenvalue weighted by molar-refractivity contribution is -0.384. The van der Waals surface area contributed by atoms with E-state index in [1.165, 1.54) is 24.3 Å². The molecule has 0 fully saturated rings. The summed E-state index contributed by atoms with van der Waals surface area (Å²) in [5.74, 6) is -1.71. The molecule has 19 heavy (non-hydrogen) atoms. The average Bonchev–Trinajstić information content (AvgIpc) is 2.34. The van der Waals surface area contributed by atoms with E-state index in [9.17, 15) is 19.7 Å². The number of rotatable bonds is 7. The SMILES string of the molecule is NC(=O)CCC(Nc1ccc([N+](=O)[O-])cc1)C(=O)O. The Morgan fingerprint density at radius 3 is 2.37 bits per heavy atom. The molecule has 0 aliphatic rings. The van der Waals surface area contributed by atoms with Gasteiger partial charge in [0.15, 0.2) is 0 Å². The zero-order valence-corrected chi connectivity index (χ0v) is 9.91. The van der Waals surface area contributed by atoms with Gasteiger partial charge in [0.2, 0.25) is 5.91 Å². The molecular weight excluding hydrogens is 254 g/mol. The minimum absolute atomic E-state index is 0.0433. The number of hydrogen-bond acceptors (Lipinski definition) is 5. The molecule has 0 aliphatic carbocycles. The van der Waals surface area contributed by atoms with Gasteiger partial charge in [-0.15, -0.1) is 0 Å². The maximum absolute atomic E-state index is 11.0. The summed E-state index contributed by atoms with van der Waals surface area (Å²) in [6.07, 6.45) is -0.0153.